The topological polar surface area (TPSA) is 56.7 Å². The number of carboxylic acids is 1. The van der Waals surface area contributed by atoms with Gasteiger partial charge in [-0.05, 0) is 27.0 Å². The van der Waals surface area contributed by atoms with Crippen LogP contribution in [-0.2, 0) is 0 Å². The number of carboxylic acid groups (broad SMARTS) is 1. The monoisotopic (exact) mass is 249 g/mol. The van der Waals surface area contributed by atoms with Gasteiger partial charge in [0.1, 0.15) is 5.56 Å². The molecule has 0 spiro atoms. The number of anilines is 1. The Balaban J connectivity index is 2.37. The van der Waals surface area contributed by atoms with Gasteiger partial charge in [0.25, 0.3) is 0 Å². The first-order valence-corrected chi connectivity index (χ1v) is 6.14. The molecule has 1 aromatic rings. The molecule has 5 nitrogen and oxygen atoms in total. The highest BCUT2D eigenvalue weighted by atomic mass is 16.4. The Morgan fingerprint density at radius 3 is 2.83 bits per heavy atom. The summed E-state index contributed by atoms with van der Waals surface area (Å²) in [5.74, 6) is -0.913. The van der Waals surface area contributed by atoms with E-state index < -0.39 is 5.97 Å². The quantitative estimate of drug-likeness (QED) is 0.854. The minimum Gasteiger partial charge on any atom is -0.478 e. The largest absolute Gasteiger partial charge is 0.478 e. The van der Waals surface area contributed by atoms with Crippen molar-refractivity contribution < 1.29 is 9.90 Å². The zero-order valence-corrected chi connectivity index (χ0v) is 11.1. The third kappa shape index (κ3) is 2.46. The van der Waals surface area contributed by atoms with Crippen molar-refractivity contribution in [3.8, 4) is 0 Å². The van der Waals surface area contributed by atoms with Crippen LogP contribution in [0.1, 0.15) is 23.0 Å². The zero-order valence-electron chi connectivity index (χ0n) is 11.1. The molecule has 0 amide bonds. The van der Waals surface area contributed by atoms with Crippen molar-refractivity contribution in [2.24, 2.45) is 0 Å². The molecule has 18 heavy (non-hydrogen) atoms. The number of likely N-dealkylation sites (N-methyl/N-ethyl adjacent to an activating group) is 1. The number of piperazine rings is 1. The van der Waals surface area contributed by atoms with E-state index in [0.717, 1.165) is 31.0 Å². The van der Waals surface area contributed by atoms with Gasteiger partial charge in [-0.1, -0.05) is 0 Å². The summed E-state index contributed by atoms with van der Waals surface area (Å²) in [6.07, 6.45) is 1.46. The van der Waals surface area contributed by atoms with E-state index >= 15 is 0 Å². The molecular weight excluding hydrogens is 230 g/mol. The Labute approximate surface area is 107 Å². The maximum atomic E-state index is 11.3. The first-order valence-electron chi connectivity index (χ1n) is 6.14. The summed E-state index contributed by atoms with van der Waals surface area (Å²) in [6.45, 7) is 6.75. The number of nitrogens with zero attached hydrogens (tertiary/aromatic N) is 3. The molecule has 2 rings (SSSR count). The van der Waals surface area contributed by atoms with Gasteiger partial charge in [-0.2, -0.15) is 0 Å². The highest BCUT2D eigenvalue weighted by Gasteiger charge is 2.25. The van der Waals surface area contributed by atoms with E-state index in [-0.39, 0.29) is 5.56 Å². The molecule has 1 saturated heterocycles. The van der Waals surface area contributed by atoms with Crippen molar-refractivity contribution in [2.45, 2.75) is 19.9 Å². The Hall–Kier alpha value is -1.62. The van der Waals surface area contributed by atoms with Gasteiger partial charge >= 0.3 is 5.97 Å². The second-order valence-electron chi connectivity index (χ2n) is 4.95. The van der Waals surface area contributed by atoms with Crippen LogP contribution in [0.5, 0.6) is 0 Å². The zero-order chi connectivity index (χ0) is 13.3. The summed E-state index contributed by atoms with van der Waals surface area (Å²) in [7, 11) is 2.09. The fraction of sp³-hybridized carbons (Fsp3) is 0.538. The lowest BCUT2D eigenvalue weighted by Gasteiger charge is -2.40. The number of hydrogen-bond donors (Lipinski definition) is 1. The van der Waals surface area contributed by atoms with Gasteiger partial charge in [-0.15, -0.1) is 0 Å². The lowest BCUT2D eigenvalue weighted by atomic mass is 10.1. The van der Waals surface area contributed by atoms with Gasteiger partial charge in [-0.25, -0.2) is 4.79 Å². The van der Waals surface area contributed by atoms with E-state index in [1.807, 2.05) is 13.0 Å². The molecular formula is C13H19N3O2. The van der Waals surface area contributed by atoms with Crippen LogP contribution < -0.4 is 4.90 Å². The third-order valence-electron chi connectivity index (χ3n) is 3.39. The number of pyridine rings is 1. The fourth-order valence-electron chi connectivity index (χ4n) is 2.45. The molecule has 1 aliphatic heterocycles. The fourth-order valence-corrected chi connectivity index (χ4v) is 2.45. The summed E-state index contributed by atoms with van der Waals surface area (Å²) in [5.41, 5.74) is 1.92. The lowest BCUT2D eigenvalue weighted by Crippen LogP contribution is -2.51. The minimum atomic E-state index is -0.913. The summed E-state index contributed by atoms with van der Waals surface area (Å²) in [4.78, 5) is 19.8. The Bertz CT molecular complexity index is 462. The Morgan fingerprint density at radius 1 is 1.50 bits per heavy atom. The van der Waals surface area contributed by atoms with Crippen LogP contribution in [0.25, 0.3) is 0 Å². The van der Waals surface area contributed by atoms with Crippen LogP contribution in [0.2, 0.25) is 0 Å². The van der Waals surface area contributed by atoms with Gasteiger partial charge in [0.2, 0.25) is 0 Å². The van der Waals surface area contributed by atoms with Crippen molar-refractivity contribution >= 4 is 11.7 Å². The molecule has 0 bridgehead atoms. The summed E-state index contributed by atoms with van der Waals surface area (Å²) >= 11 is 0. The molecule has 2 heterocycles. The van der Waals surface area contributed by atoms with Gasteiger partial charge in [0, 0.05) is 37.6 Å². The van der Waals surface area contributed by atoms with Crippen LogP contribution in [0.15, 0.2) is 12.3 Å². The van der Waals surface area contributed by atoms with Crippen LogP contribution in [0, 0.1) is 6.92 Å². The maximum absolute atomic E-state index is 11.3. The van der Waals surface area contributed by atoms with Crippen molar-refractivity contribution in [3.63, 3.8) is 0 Å². The van der Waals surface area contributed by atoms with Crippen molar-refractivity contribution in [1.82, 2.24) is 9.88 Å². The lowest BCUT2D eigenvalue weighted by molar-refractivity contribution is 0.0697. The molecule has 0 aliphatic carbocycles. The molecule has 0 aromatic carbocycles. The number of rotatable bonds is 2. The molecule has 0 saturated carbocycles. The molecule has 1 aliphatic rings. The Kier molecular flexibility index (Phi) is 3.52. The number of hydrogen-bond acceptors (Lipinski definition) is 4. The van der Waals surface area contributed by atoms with E-state index in [9.17, 15) is 9.90 Å². The molecule has 1 unspecified atom stereocenters. The van der Waals surface area contributed by atoms with Crippen LogP contribution in [0.4, 0.5) is 5.69 Å². The molecule has 1 fully saturated rings. The second kappa shape index (κ2) is 4.94. The Morgan fingerprint density at radius 2 is 2.22 bits per heavy atom. The predicted octanol–water partition coefficient (Wildman–Crippen LogP) is 1.23. The second-order valence-corrected chi connectivity index (χ2v) is 4.95. The van der Waals surface area contributed by atoms with E-state index in [1.165, 1.54) is 6.20 Å². The predicted molar refractivity (Wildman–Crippen MR) is 70.2 cm³/mol. The van der Waals surface area contributed by atoms with Crippen molar-refractivity contribution in [1.29, 1.82) is 0 Å². The van der Waals surface area contributed by atoms with Crippen LogP contribution >= 0.6 is 0 Å². The smallest absolute Gasteiger partial charge is 0.339 e. The summed E-state index contributed by atoms with van der Waals surface area (Å²) < 4.78 is 0. The highest BCUT2D eigenvalue weighted by Crippen LogP contribution is 2.25. The van der Waals surface area contributed by atoms with Crippen LogP contribution in [0.3, 0.4) is 0 Å². The number of aromatic nitrogens is 1. The van der Waals surface area contributed by atoms with E-state index in [0.29, 0.717) is 6.04 Å². The molecule has 1 atom stereocenters. The van der Waals surface area contributed by atoms with Crippen molar-refractivity contribution in [3.05, 3.63) is 23.5 Å². The molecule has 0 radical (unpaired) electrons. The maximum Gasteiger partial charge on any atom is 0.339 e. The summed E-state index contributed by atoms with van der Waals surface area (Å²) in [6, 6.07) is 2.18. The van der Waals surface area contributed by atoms with E-state index in [1.54, 1.807) is 0 Å². The average molecular weight is 249 g/mol. The van der Waals surface area contributed by atoms with Crippen molar-refractivity contribution in [2.75, 3.05) is 31.6 Å². The van der Waals surface area contributed by atoms with Crippen LogP contribution in [-0.4, -0.2) is 53.7 Å². The molecule has 98 valence electrons. The first kappa shape index (κ1) is 12.8. The highest BCUT2D eigenvalue weighted by molar-refractivity contribution is 5.94. The normalized spacial score (nSPS) is 21.1. The number of aromatic carboxylic acids is 1. The third-order valence-corrected chi connectivity index (χ3v) is 3.39. The SMILES string of the molecule is Cc1cc(N2CCN(C)CC2C)c(C(=O)O)cn1. The minimum absolute atomic E-state index is 0.289. The average Bonchev–Trinajstić information content (AvgIpc) is 2.28. The molecule has 5 heteroatoms. The van der Waals surface area contributed by atoms with Gasteiger partial charge in [-0.3, -0.25) is 4.98 Å². The molecule has 1 N–H and O–H groups in total. The van der Waals surface area contributed by atoms with Gasteiger partial charge in [0.15, 0.2) is 0 Å². The van der Waals surface area contributed by atoms with Gasteiger partial charge in [0.05, 0.1) is 5.69 Å². The first-order chi connectivity index (χ1) is 8.49. The number of aryl methyl sites for hydroxylation is 1. The van der Waals surface area contributed by atoms with E-state index in [4.69, 9.17) is 0 Å². The number of carbonyl (C=O) groups is 1. The van der Waals surface area contributed by atoms with E-state index in [2.05, 4.69) is 28.8 Å². The summed E-state index contributed by atoms with van der Waals surface area (Å²) in [5, 5.41) is 9.25. The standard InChI is InChI=1S/C13H19N3O2/c1-9-6-12(11(7-14-9)13(17)18)16-5-4-15(3)8-10(16)2/h6-7,10H,4-5,8H2,1-3H3,(H,17,18). The van der Waals surface area contributed by atoms with Gasteiger partial charge < -0.3 is 14.9 Å². The molecule has 1 aromatic heterocycles.